The lowest BCUT2D eigenvalue weighted by molar-refractivity contribution is -0.119. The summed E-state index contributed by atoms with van der Waals surface area (Å²) in [5, 5.41) is 2.52. The van der Waals surface area contributed by atoms with Crippen LogP contribution in [0.4, 0.5) is 13.2 Å². The number of ketones is 1. The zero-order valence-electron chi connectivity index (χ0n) is 13.0. The van der Waals surface area contributed by atoms with Crippen LogP contribution in [0.5, 0.6) is 0 Å². The fourth-order valence-corrected chi connectivity index (χ4v) is 0.899. The first-order valence-corrected chi connectivity index (χ1v) is 8.72. The number of rotatable bonds is 4. The lowest BCUT2D eigenvalue weighted by Gasteiger charge is -1.94. The molecule has 1 N–H and O–H groups in total. The molecule has 1 rings (SSSR count). The molecule has 0 atom stereocenters. The van der Waals surface area contributed by atoms with Gasteiger partial charge in [-0.2, -0.15) is 13.2 Å². The highest BCUT2D eigenvalue weighted by Crippen LogP contribution is 2.29. The molecule has 0 spiro atoms. The fourth-order valence-electron chi connectivity index (χ4n) is 0.495. The quantitative estimate of drug-likeness (QED) is 0.673. The monoisotopic (exact) mass is 421 g/mol. The highest BCUT2D eigenvalue weighted by atomic mass is 35.5. The van der Waals surface area contributed by atoms with E-state index in [0.717, 1.165) is 11.8 Å². The van der Waals surface area contributed by atoms with E-state index >= 15 is 0 Å². The first-order valence-electron chi connectivity index (χ1n) is 6.58. The third-order valence-electron chi connectivity index (χ3n) is 1.72. The molecule has 10 heteroatoms. The molecule has 1 aliphatic carbocycles. The second kappa shape index (κ2) is 18.4. The van der Waals surface area contributed by atoms with Crippen LogP contribution < -0.4 is 5.32 Å². The molecule has 0 radical (unpaired) electrons. The second-order valence-corrected chi connectivity index (χ2v) is 5.58. The van der Waals surface area contributed by atoms with Gasteiger partial charge in [0.1, 0.15) is 11.7 Å². The predicted octanol–water partition coefficient (Wildman–Crippen LogP) is 4.60. The van der Waals surface area contributed by atoms with Crippen LogP contribution >= 0.6 is 46.4 Å². The van der Waals surface area contributed by atoms with E-state index in [1.807, 2.05) is 0 Å². The molecule has 0 unspecified atom stereocenters. The maximum atomic E-state index is 10.7. The van der Waals surface area contributed by atoms with Gasteiger partial charge in [-0.25, -0.2) is 0 Å². The van der Waals surface area contributed by atoms with Crippen LogP contribution in [0, 0.1) is 5.92 Å². The second-order valence-electron chi connectivity index (χ2n) is 4.35. The SMILES string of the molecule is CC(=O)CCl.CC(=O)NCCCl.ClCC1CC1.FC(F)(F)CCl. The van der Waals surface area contributed by atoms with Crippen LogP contribution in [-0.4, -0.2) is 47.9 Å². The zero-order chi connectivity index (χ0) is 18.9. The number of amides is 1. The summed E-state index contributed by atoms with van der Waals surface area (Å²) in [4.78, 5) is 19.7. The average molecular weight is 423 g/mol. The predicted molar refractivity (Wildman–Crippen MR) is 91.0 cm³/mol. The Labute approximate surface area is 155 Å². The highest BCUT2D eigenvalue weighted by Gasteiger charge is 2.24. The molecular weight excluding hydrogens is 401 g/mol. The third kappa shape index (κ3) is 44.9. The van der Waals surface area contributed by atoms with Crippen molar-refractivity contribution in [1.29, 1.82) is 0 Å². The lowest BCUT2D eigenvalue weighted by Crippen LogP contribution is -2.21. The van der Waals surface area contributed by atoms with Gasteiger partial charge in [0.05, 0.1) is 5.88 Å². The van der Waals surface area contributed by atoms with E-state index in [1.54, 1.807) is 0 Å². The van der Waals surface area contributed by atoms with Crippen molar-refractivity contribution in [3.05, 3.63) is 0 Å². The number of hydrogen-bond donors (Lipinski definition) is 1. The summed E-state index contributed by atoms with van der Waals surface area (Å²) in [7, 11) is 0. The molecule has 0 aromatic carbocycles. The molecule has 140 valence electrons. The van der Waals surface area contributed by atoms with E-state index < -0.39 is 12.1 Å². The minimum absolute atomic E-state index is 0.0201. The number of carbonyl (C=O) groups is 2. The van der Waals surface area contributed by atoms with Crippen LogP contribution in [0.1, 0.15) is 26.7 Å². The van der Waals surface area contributed by atoms with E-state index in [9.17, 15) is 22.8 Å². The summed E-state index contributed by atoms with van der Waals surface area (Å²) in [6.45, 7) is 3.48. The molecule has 1 saturated carbocycles. The highest BCUT2D eigenvalue weighted by molar-refractivity contribution is 6.27. The molecular formula is C13H22Cl4F3NO2. The molecule has 1 amide bonds. The molecule has 0 heterocycles. The van der Waals surface area contributed by atoms with Crippen LogP contribution in [0.2, 0.25) is 0 Å². The van der Waals surface area contributed by atoms with Gasteiger partial charge < -0.3 is 5.32 Å². The molecule has 23 heavy (non-hydrogen) atoms. The summed E-state index contributed by atoms with van der Waals surface area (Å²) in [6.07, 6.45) is -1.44. The summed E-state index contributed by atoms with van der Waals surface area (Å²) < 4.78 is 32.0. The zero-order valence-corrected chi connectivity index (χ0v) is 16.0. The first kappa shape index (κ1) is 27.9. The van der Waals surface area contributed by atoms with Crippen molar-refractivity contribution in [3.8, 4) is 0 Å². The molecule has 0 aromatic heterocycles. The molecule has 0 aromatic rings. The van der Waals surface area contributed by atoms with Crippen LogP contribution in [0.3, 0.4) is 0 Å². The summed E-state index contributed by atoms with van der Waals surface area (Å²) in [5.74, 6) is 1.15. The first-order chi connectivity index (χ1) is 10.5. The Balaban J connectivity index is -0.000000234. The lowest BCUT2D eigenvalue weighted by atomic mass is 10.5. The van der Waals surface area contributed by atoms with Crippen molar-refractivity contribution in [1.82, 2.24) is 5.32 Å². The number of hydrogen-bond acceptors (Lipinski definition) is 2. The van der Waals surface area contributed by atoms with E-state index in [-0.39, 0.29) is 17.6 Å². The van der Waals surface area contributed by atoms with Gasteiger partial charge in [0.2, 0.25) is 5.91 Å². The van der Waals surface area contributed by atoms with Gasteiger partial charge in [-0.1, -0.05) is 0 Å². The summed E-state index contributed by atoms with van der Waals surface area (Å²) >= 11 is 20.0. The van der Waals surface area contributed by atoms with E-state index in [2.05, 4.69) is 16.9 Å². The van der Waals surface area contributed by atoms with Gasteiger partial charge >= 0.3 is 6.18 Å². The Morgan fingerprint density at radius 2 is 1.48 bits per heavy atom. The normalized spacial score (nSPS) is 12.4. The Kier molecular flexibility index (Phi) is 22.4. The molecule has 3 nitrogen and oxygen atoms in total. The summed E-state index contributed by atoms with van der Waals surface area (Å²) in [6, 6.07) is 0. The smallest absolute Gasteiger partial charge is 0.355 e. The van der Waals surface area contributed by atoms with Crippen LogP contribution in [0.25, 0.3) is 0 Å². The fraction of sp³-hybridized carbons (Fsp3) is 0.846. The molecule has 0 bridgehead atoms. The average Bonchev–Trinajstić information content (AvgIpc) is 3.30. The van der Waals surface area contributed by atoms with Gasteiger partial charge in [0, 0.05) is 25.2 Å². The van der Waals surface area contributed by atoms with Crippen molar-refractivity contribution in [2.75, 3.05) is 30.1 Å². The van der Waals surface area contributed by atoms with Gasteiger partial charge in [0.25, 0.3) is 0 Å². The van der Waals surface area contributed by atoms with Crippen LogP contribution in [0.15, 0.2) is 0 Å². The standard InChI is InChI=1S/C4H8ClNO.C4H7Cl.C3H5ClO.C2H2ClF3/c1-4(7)6-3-2-5;5-3-4-1-2-4;1-3(5)2-4;3-1-2(4,5)6/h2-3H2,1H3,(H,6,7);4H,1-3H2;2H2,1H3;1H2. The Morgan fingerprint density at radius 3 is 1.52 bits per heavy atom. The molecule has 0 aliphatic heterocycles. The summed E-state index contributed by atoms with van der Waals surface area (Å²) in [5.41, 5.74) is 0. The molecule has 0 saturated heterocycles. The number of nitrogens with one attached hydrogen (secondary N) is 1. The largest absolute Gasteiger partial charge is 0.402 e. The van der Waals surface area contributed by atoms with Gasteiger partial charge in [-0.3, -0.25) is 9.59 Å². The number of carbonyl (C=O) groups excluding carboxylic acids is 2. The minimum atomic E-state index is -4.19. The van der Waals surface area contributed by atoms with E-state index in [4.69, 9.17) is 34.8 Å². The Hall–Kier alpha value is 0.0900. The van der Waals surface area contributed by atoms with Crippen molar-refractivity contribution in [2.45, 2.75) is 32.9 Å². The molecule has 1 fully saturated rings. The Bertz CT molecular complexity index is 301. The van der Waals surface area contributed by atoms with E-state index in [0.29, 0.717) is 12.4 Å². The maximum absolute atomic E-state index is 10.7. The van der Waals surface area contributed by atoms with E-state index in [1.165, 1.54) is 26.7 Å². The van der Waals surface area contributed by atoms with Crippen molar-refractivity contribution < 1.29 is 22.8 Å². The van der Waals surface area contributed by atoms with Gasteiger partial charge in [0.15, 0.2) is 0 Å². The van der Waals surface area contributed by atoms with Gasteiger partial charge in [-0.15, -0.1) is 46.4 Å². The number of halogens is 7. The molecule has 1 aliphatic rings. The number of Topliss-reactive ketones (excluding diaryl/α,β-unsaturated/α-hetero) is 1. The maximum Gasteiger partial charge on any atom is 0.402 e. The van der Waals surface area contributed by atoms with Crippen molar-refractivity contribution in [2.24, 2.45) is 5.92 Å². The third-order valence-corrected chi connectivity index (χ3v) is 3.03. The van der Waals surface area contributed by atoms with Gasteiger partial charge in [-0.05, 0) is 25.7 Å². The minimum Gasteiger partial charge on any atom is -0.355 e. The van der Waals surface area contributed by atoms with Crippen molar-refractivity contribution in [3.63, 3.8) is 0 Å². The Morgan fingerprint density at radius 1 is 1.09 bits per heavy atom. The number of alkyl halides is 7. The van der Waals surface area contributed by atoms with Crippen LogP contribution in [-0.2, 0) is 9.59 Å². The topological polar surface area (TPSA) is 46.2 Å². The van der Waals surface area contributed by atoms with Crippen molar-refractivity contribution >= 4 is 58.1 Å².